The number of rotatable bonds is 9. The van der Waals surface area contributed by atoms with Gasteiger partial charge in [0, 0.05) is 37.2 Å². The van der Waals surface area contributed by atoms with Crippen LogP contribution in [-0.4, -0.2) is 69.4 Å². The Hall–Kier alpha value is -2.26. The van der Waals surface area contributed by atoms with Gasteiger partial charge in [0.2, 0.25) is 0 Å². The topological polar surface area (TPSA) is 301 Å². The minimum Gasteiger partial charge on any atom is -0.550 e. The van der Waals surface area contributed by atoms with E-state index in [4.69, 9.17) is 15.3 Å². The zero-order chi connectivity index (χ0) is 22.3. The first-order valence-corrected chi connectivity index (χ1v) is 6.38. The summed E-state index contributed by atoms with van der Waals surface area (Å²) in [4.78, 5) is 57.4. The smallest absolute Gasteiger partial charge is 0.550 e. The van der Waals surface area contributed by atoms with Gasteiger partial charge >= 0.3 is 34.1 Å². The number of aliphatic carboxylic acids is 6. The Balaban J connectivity index is -0.0000000960. The van der Waals surface area contributed by atoms with Gasteiger partial charge < -0.3 is 74.7 Å². The van der Waals surface area contributed by atoms with Crippen LogP contribution < -0.4 is 30.6 Å². The van der Waals surface area contributed by atoms with Gasteiger partial charge in [-0.1, -0.05) is 0 Å². The van der Waals surface area contributed by atoms with E-state index in [1.807, 2.05) is 0 Å². The summed E-state index contributed by atoms with van der Waals surface area (Å²) in [6.07, 6.45) is -8.67. The third-order valence-electron chi connectivity index (χ3n) is 1.90. The second-order valence-electron chi connectivity index (χ2n) is 4.23. The number of carboxylic acids is 6. The number of aliphatic hydroxyl groups is 3. The number of carbonyl (C=O) groups is 6. The van der Waals surface area contributed by atoms with Gasteiger partial charge in [0.05, 0.1) is 36.2 Å². The molecular weight excluding hydrogens is 496 g/mol. The first-order valence-electron chi connectivity index (χ1n) is 6.38. The molecule has 0 aliphatic carbocycles. The molecule has 0 radical (unpaired) electrons. The molecule has 0 rings (SSSR count). The molecule has 3 atom stereocenters. The minimum atomic E-state index is -1.96. The summed E-state index contributed by atoms with van der Waals surface area (Å²) in [6, 6.07) is 0. The molecule has 0 amide bonds. The van der Waals surface area contributed by atoms with E-state index in [2.05, 4.69) is 0 Å². The molecule has 0 spiro atoms. The van der Waals surface area contributed by atoms with Crippen molar-refractivity contribution in [3.63, 3.8) is 0 Å². The van der Waals surface area contributed by atoms with Gasteiger partial charge in [0.15, 0.2) is 0 Å². The number of carboxylic acid groups (broad SMARTS) is 6. The van der Waals surface area contributed by atoms with E-state index in [1.165, 1.54) is 0 Å². The van der Waals surface area contributed by atoms with Crippen LogP contribution in [0.2, 0.25) is 0 Å². The summed E-state index contributed by atoms with van der Waals surface area (Å²) in [7, 11) is 0. The molecule has 3 N–H and O–H groups in total. The number of hydrogen-bond acceptors (Lipinski definition) is 15. The van der Waals surface area contributed by atoms with Crippen molar-refractivity contribution in [1.29, 1.82) is 0 Å². The molecule has 0 aromatic heterocycles. The Labute approximate surface area is 182 Å². The summed E-state index contributed by atoms with van der Waals surface area (Å²) >= 11 is 0. The molecule has 3 unspecified atom stereocenters. The molecule has 29 heavy (non-hydrogen) atoms. The van der Waals surface area contributed by atoms with E-state index in [0.717, 1.165) is 0 Å². The molecule has 168 valence electrons. The van der Waals surface area contributed by atoms with Crippen molar-refractivity contribution in [2.75, 3.05) is 0 Å². The van der Waals surface area contributed by atoms with Crippen LogP contribution in [0.4, 0.5) is 0 Å². The molecule has 0 aromatic rings. The summed E-state index contributed by atoms with van der Waals surface area (Å²) in [5, 5.41) is 82.0. The van der Waals surface area contributed by atoms with Gasteiger partial charge in [-0.2, -0.15) is 0 Å². The van der Waals surface area contributed by atoms with E-state index in [1.54, 1.807) is 0 Å². The van der Waals surface area contributed by atoms with Gasteiger partial charge in [0.1, 0.15) is 0 Å². The fraction of sp³-hybridized carbons (Fsp3) is 0.500. The summed E-state index contributed by atoms with van der Waals surface area (Å²) in [5.41, 5.74) is 0. The van der Waals surface area contributed by atoms with Crippen molar-refractivity contribution in [2.24, 2.45) is 0 Å². The molecule has 0 bridgehead atoms. The molecule has 0 aliphatic rings. The van der Waals surface area contributed by atoms with Gasteiger partial charge in [-0.15, -0.1) is 0 Å². The quantitative estimate of drug-likeness (QED) is 0.244. The van der Waals surface area contributed by atoms with Crippen molar-refractivity contribution in [3.8, 4) is 0 Å². The average Bonchev–Trinajstić information content (AvgIpc) is 2.46. The molecular formula is C12H12Fe2O15-2. The monoisotopic (exact) mass is 508 g/mol. The van der Waals surface area contributed by atoms with Crippen molar-refractivity contribution >= 4 is 35.8 Å². The maximum Gasteiger partial charge on any atom is 2.00 e. The SMILES string of the molecule is O=C([O-])CC(O)C(=O)[O-].O=C([O-])CC(O)C(=O)[O-].O=C([O-])CC(O)C(=O)[O-].[Fe+2].[Fe+2]. The van der Waals surface area contributed by atoms with Crippen LogP contribution in [0, 0.1) is 0 Å². The number of aliphatic hydroxyl groups excluding tert-OH is 3. The number of hydrogen-bond donors (Lipinski definition) is 3. The van der Waals surface area contributed by atoms with Crippen LogP contribution >= 0.6 is 0 Å². The summed E-state index contributed by atoms with van der Waals surface area (Å²) < 4.78 is 0. The van der Waals surface area contributed by atoms with E-state index in [9.17, 15) is 59.4 Å². The fourth-order valence-corrected chi connectivity index (χ4v) is 0.724. The third-order valence-corrected chi connectivity index (χ3v) is 1.90. The zero-order valence-corrected chi connectivity index (χ0v) is 16.0. The van der Waals surface area contributed by atoms with E-state index < -0.39 is 73.4 Å². The Morgan fingerprint density at radius 1 is 0.483 bits per heavy atom. The standard InChI is InChI=1S/3C4H6O5.2Fe/c3*5-2(4(8)9)1-3(6)7;;/h3*2,5H,1H2,(H,6,7)(H,8,9);;/q;;;2*+2/p-6. The second-order valence-corrected chi connectivity index (χ2v) is 4.23. The Morgan fingerprint density at radius 3 is 0.655 bits per heavy atom. The van der Waals surface area contributed by atoms with E-state index in [-0.39, 0.29) is 34.1 Å². The van der Waals surface area contributed by atoms with Gasteiger partial charge in [0.25, 0.3) is 0 Å². The zero-order valence-electron chi connectivity index (χ0n) is 13.8. The Kier molecular flexibility index (Phi) is 26.5. The Morgan fingerprint density at radius 2 is 0.621 bits per heavy atom. The van der Waals surface area contributed by atoms with Crippen LogP contribution in [-0.2, 0) is 62.9 Å². The molecule has 0 saturated carbocycles. The van der Waals surface area contributed by atoms with Gasteiger partial charge in [-0.3, -0.25) is 0 Å². The largest absolute Gasteiger partial charge is 2.00 e. The average molecular weight is 508 g/mol. The maximum absolute atomic E-state index is 9.58. The van der Waals surface area contributed by atoms with Crippen molar-refractivity contribution in [2.45, 2.75) is 37.6 Å². The molecule has 15 nitrogen and oxygen atoms in total. The van der Waals surface area contributed by atoms with Crippen molar-refractivity contribution < 1.29 is 109 Å². The maximum atomic E-state index is 9.58. The molecule has 17 heteroatoms. The predicted octanol–water partition coefficient (Wildman–Crippen LogP) is -11.3. The molecule has 0 saturated heterocycles. The second kappa shape index (κ2) is 20.5. The summed E-state index contributed by atoms with van der Waals surface area (Å²) in [5.74, 6) is -10.3. The van der Waals surface area contributed by atoms with E-state index >= 15 is 0 Å². The minimum absolute atomic E-state index is 0. The fourth-order valence-electron chi connectivity index (χ4n) is 0.724. The van der Waals surface area contributed by atoms with Crippen molar-refractivity contribution in [3.05, 3.63) is 0 Å². The predicted molar refractivity (Wildman–Crippen MR) is 61.9 cm³/mol. The van der Waals surface area contributed by atoms with Crippen LogP contribution in [0.5, 0.6) is 0 Å². The molecule has 0 aliphatic heterocycles. The normalized spacial score (nSPS) is 11.7. The molecule has 0 heterocycles. The van der Waals surface area contributed by atoms with Crippen LogP contribution in [0.25, 0.3) is 0 Å². The summed E-state index contributed by atoms with van der Waals surface area (Å²) in [6.45, 7) is 0. The first-order chi connectivity index (χ1) is 12.1. The number of carbonyl (C=O) groups excluding carboxylic acids is 6. The van der Waals surface area contributed by atoms with E-state index in [0.29, 0.717) is 0 Å². The van der Waals surface area contributed by atoms with Crippen LogP contribution in [0.1, 0.15) is 19.3 Å². The molecule has 0 fully saturated rings. The van der Waals surface area contributed by atoms with Crippen LogP contribution in [0.15, 0.2) is 0 Å². The van der Waals surface area contributed by atoms with Crippen LogP contribution in [0.3, 0.4) is 0 Å². The Bertz CT molecular complexity index is 473. The third kappa shape index (κ3) is 30.7. The van der Waals surface area contributed by atoms with Gasteiger partial charge in [-0.25, -0.2) is 0 Å². The van der Waals surface area contributed by atoms with Gasteiger partial charge in [-0.05, 0) is 0 Å². The van der Waals surface area contributed by atoms with Crippen molar-refractivity contribution in [1.82, 2.24) is 0 Å². The molecule has 0 aromatic carbocycles. The first kappa shape index (κ1) is 37.5.